The normalized spacial score (nSPS) is 16.8. The monoisotopic (exact) mass is 297 g/mol. The van der Waals surface area contributed by atoms with Crippen molar-refractivity contribution in [2.75, 3.05) is 26.2 Å². The Morgan fingerprint density at radius 3 is 2.30 bits per heavy atom. The average Bonchev–Trinajstić information content (AvgIpc) is 2.92. The molecule has 0 radical (unpaired) electrons. The Kier molecular flexibility index (Phi) is 5.05. The Labute approximate surface area is 121 Å². The van der Waals surface area contributed by atoms with Crippen molar-refractivity contribution in [2.45, 2.75) is 36.8 Å². The highest BCUT2D eigenvalue weighted by molar-refractivity contribution is 7.92. The van der Waals surface area contributed by atoms with E-state index in [1.54, 1.807) is 38.1 Å². The minimum Gasteiger partial charge on any atom is -0.492 e. The fourth-order valence-corrected chi connectivity index (χ4v) is 3.36. The van der Waals surface area contributed by atoms with Crippen molar-refractivity contribution in [2.24, 2.45) is 0 Å². The molecule has 20 heavy (non-hydrogen) atoms. The van der Waals surface area contributed by atoms with Crippen molar-refractivity contribution in [3.05, 3.63) is 24.3 Å². The first kappa shape index (κ1) is 15.3. The van der Waals surface area contributed by atoms with Gasteiger partial charge in [-0.3, -0.25) is 4.90 Å². The number of ether oxygens (including phenoxy) is 1. The van der Waals surface area contributed by atoms with Gasteiger partial charge in [-0.1, -0.05) is 0 Å². The van der Waals surface area contributed by atoms with Crippen LogP contribution in [0, 0.1) is 0 Å². The zero-order valence-electron chi connectivity index (χ0n) is 12.2. The van der Waals surface area contributed by atoms with Crippen LogP contribution in [0.15, 0.2) is 29.2 Å². The maximum atomic E-state index is 12.0. The summed E-state index contributed by atoms with van der Waals surface area (Å²) in [6.45, 7) is 7.29. The van der Waals surface area contributed by atoms with Crippen LogP contribution in [0.25, 0.3) is 0 Å². The van der Waals surface area contributed by atoms with Crippen molar-refractivity contribution < 1.29 is 13.2 Å². The summed E-state index contributed by atoms with van der Waals surface area (Å²) >= 11 is 0. The molecule has 1 aromatic rings. The average molecular weight is 297 g/mol. The summed E-state index contributed by atoms with van der Waals surface area (Å²) in [5, 5.41) is -0.399. The van der Waals surface area contributed by atoms with E-state index in [1.165, 1.54) is 12.8 Å². The summed E-state index contributed by atoms with van der Waals surface area (Å²) in [4.78, 5) is 2.75. The van der Waals surface area contributed by atoms with Gasteiger partial charge in [0.1, 0.15) is 12.4 Å². The third-order valence-electron chi connectivity index (χ3n) is 3.65. The van der Waals surface area contributed by atoms with E-state index in [0.29, 0.717) is 11.5 Å². The van der Waals surface area contributed by atoms with Crippen LogP contribution < -0.4 is 4.74 Å². The second-order valence-corrected chi connectivity index (χ2v) is 7.97. The van der Waals surface area contributed by atoms with Gasteiger partial charge in [0.15, 0.2) is 9.84 Å². The maximum absolute atomic E-state index is 12.0. The van der Waals surface area contributed by atoms with Crippen molar-refractivity contribution in [1.29, 1.82) is 0 Å². The molecule has 0 unspecified atom stereocenters. The van der Waals surface area contributed by atoms with Gasteiger partial charge in [-0.2, -0.15) is 0 Å². The number of benzene rings is 1. The zero-order chi connectivity index (χ0) is 14.6. The van der Waals surface area contributed by atoms with E-state index in [0.717, 1.165) is 25.4 Å². The highest BCUT2D eigenvalue weighted by Crippen LogP contribution is 2.19. The van der Waals surface area contributed by atoms with Crippen molar-refractivity contribution in [1.82, 2.24) is 4.90 Å². The molecule has 0 amide bonds. The minimum atomic E-state index is -3.19. The molecule has 1 aromatic carbocycles. The summed E-state index contributed by atoms with van der Waals surface area (Å²) in [7, 11) is -3.19. The van der Waals surface area contributed by atoms with Crippen molar-refractivity contribution >= 4 is 9.84 Å². The molecule has 4 nitrogen and oxygen atoms in total. The van der Waals surface area contributed by atoms with E-state index in [4.69, 9.17) is 4.74 Å². The third kappa shape index (κ3) is 3.73. The number of nitrogens with zero attached hydrogens (tertiary/aromatic N) is 1. The summed E-state index contributed by atoms with van der Waals surface area (Å²) in [5.41, 5.74) is 0. The number of likely N-dealkylation sites (tertiary alicyclic amines) is 1. The van der Waals surface area contributed by atoms with Gasteiger partial charge in [0.2, 0.25) is 0 Å². The molecular formula is C15H23NO3S. The van der Waals surface area contributed by atoms with E-state index in [-0.39, 0.29) is 0 Å². The van der Waals surface area contributed by atoms with Crippen LogP contribution in [-0.4, -0.2) is 44.8 Å². The molecule has 5 heteroatoms. The Bertz CT molecular complexity index is 517. The summed E-state index contributed by atoms with van der Waals surface area (Å²) < 4.78 is 29.6. The molecule has 1 aliphatic heterocycles. The fourth-order valence-electron chi connectivity index (χ4n) is 2.30. The topological polar surface area (TPSA) is 46.6 Å². The lowest BCUT2D eigenvalue weighted by atomic mass is 10.3. The maximum Gasteiger partial charge on any atom is 0.180 e. The number of hydrogen-bond acceptors (Lipinski definition) is 4. The quantitative estimate of drug-likeness (QED) is 0.808. The van der Waals surface area contributed by atoms with Gasteiger partial charge in [0.25, 0.3) is 0 Å². The van der Waals surface area contributed by atoms with E-state index >= 15 is 0 Å². The first-order valence-corrected chi connectivity index (χ1v) is 8.74. The summed E-state index contributed by atoms with van der Waals surface area (Å²) in [6.07, 6.45) is 2.56. The zero-order valence-corrected chi connectivity index (χ0v) is 13.0. The van der Waals surface area contributed by atoms with E-state index in [1.807, 2.05) is 0 Å². The van der Waals surface area contributed by atoms with Gasteiger partial charge in [0.05, 0.1) is 10.1 Å². The number of hydrogen-bond donors (Lipinski definition) is 0. The van der Waals surface area contributed by atoms with E-state index in [2.05, 4.69) is 4.90 Å². The molecule has 0 saturated carbocycles. The molecule has 1 fully saturated rings. The third-order valence-corrected chi connectivity index (χ3v) is 5.82. The molecule has 2 rings (SSSR count). The molecule has 0 aromatic heterocycles. The van der Waals surface area contributed by atoms with E-state index in [9.17, 15) is 8.42 Å². The van der Waals surface area contributed by atoms with Crippen molar-refractivity contribution in [3.8, 4) is 5.75 Å². The molecule has 1 aliphatic rings. The first-order chi connectivity index (χ1) is 9.50. The van der Waals surface area contributed by atoms with Crippen LogP contribution in [0.5, 0.6) is 5.75 Å². The van der Waals surface area contributed by atoms with Crippen LogP contribution >= 0.6 is 0 Å². The lowest BCUT2D eigenvalue weighted by Gasteiger charge is -2.15. The highest BCUT2D eigenvalue weighted by Gasteiger charge is 2.18. The van der Waals surface area contributed by atoms with Crippen LogP contribution in [0.4, 0.5) is 0 Å². The molecule has 1 saturated heterocycles. The van der Waals surface area contributed by atoms with Crippen LogP contribution in [0.3, 0.4) is 0 Å². The van der Waals surface area contributed by atoms with Gasteiger partial charge < -0.3 is 4.74 Å². The van der Waals surface area contributed by atoms with Crippen LogP contribution in [-0.2, 0) is 9.84 Å². The van der Waals surface area contributed by atoms with E-state index < -0.39 is 15.1 Å². The fraction of sp³-hybridized carbons (Fsp3) is 0.600. The predicted octanol–water partition coefficient (Wildman–Crippen LogP) is 2.34. The number of rotatable bonds is 6. The Morgan fingerprint density at radius 1 is 1.15 bits per heavy atom. The predicted molar refractivity (Wildman–Crippen MR) is 79.9 cm³/mol. The smallest absolute Gasteiger partial charge is 0.180 e. The minimum absolute atomic E-state index is 0.361. The summed E-state index contributed by atoms with van der Waals surface area (Å²) in [6, 6.07) is 6.72. The molecular weight excluding hydrogens is 274 g/mol. The second kappa shape index (κ2) is 6.59. The van der Waals surface area contributed by atoms with Gasteiger partial charge in [-0.15, -0.1) is 0 Å². The lowest BCUT2D eigenvalue weighted by molar-refractivity contribution is 0.237. The molecule has 0 N–H and O–H groups in total. The molecule has 0 aliphatic carbocycles. The van der Waals surface area contributed by atoms with Gasteiger partial charge >= 0.3 is 0 Å². The Hall–Kier alpha value is -1.07. The van der Waals surface area contributed by atoms with Gasteiger partial charge in [-0.05, 0) is 64.0 Å². The standard InChI is InChI=1S/C15H23NO3S/c1-13(2)20(17,18)15-7-5-14(6-8-15)19-12-11-16-9-3-4-10-16/h5-8,13H,3-4,9-12H2,1-2H3. The van der Waals surface area contributed by atoms with Crippen LogP contribution in [0.2, 0.25) is 0 Å². The summed E-state index contributed by atoms with van der Waals surface area (Å²) in [5.74, 6) is 0.729. The van der Waals surface area contributed by atoms with Gasteiger partial charge in [-0.25, -0.2) is 8.42 Å². The van der Waals surface area contributed by atoms with Crippen molar-refractivity contribution in [3.63, 3.8) is 0 Å². The van der Waals surface area contributed by atoms with Crippen LogP contribution in [0.1, 0.15) is 26.7 Å². The molecule has 1 heterocycles. The molecule has 0 spiro atoms. The molecule has 0 atom stereocenters. The molecule has 112 valence electrons. The Morgan fingerprint density at radius 2 is 1.75 bits per heavy atom. The highest BCUT2D eigenvalue weighted by atomic mass is 32.2. The lowest BCUT2D eigenvalue weighted by Crippen LogP contribution is -2.25. The SMILES string of the molecule is CC(C)S(=O)(=O)c1ccc(OCCN2CCCC2)cc1. The van der Waals surface area contributed by atoms with Gasteiger partial charge in [0, 0.05) is 6.54 Å². The molecule has 0 bridgehead atoms. The largest absolute Gasteiger partial charge is 0.492 e. The number of sulfone groups is 1. The second-order valence-electron chi connectivity index (χ2n) is 5.46. The first-order valence-electron chi connectivity index (χ1n) is 7.19. The Balaban J connectivity index is 1.88.